The van der Waals surface area contributed by atoms with Gasteiger partial charge in [0, 0.05) is 29.3 Å². The lowest BCUT2D eigenvalue weighted by Crippen LogP contribution is -2.40. The van der Waals surface area contributed by atoms with Gasteiger partial charge in [0.25, 0.3) is 0 Å². The van der Waals surface area contributed by atoms with E-state index in [-0.39, 0.29) is 0 Å². The Morgan fingerprint density at radius 1 is 0.850 bits per heavy atom. The predicted octanol–water partition coefficient (Wildman–Crippen LogP) is 7.98. The van der Waals surface area contributed by atoms with E-state index in [0.29, 0.717) is 41.8 Å². The van der Waals surface area contributed by atoms with Gasteiger partial charge in [-0.25, -0.2) is 0 Å². The maximum absolute atomic E-state index is 9.97. The molecule has 2 aromatic carbocycles. The summed E-state index contributed by atoms with van der Waals surface area (Å²) in [6, 6.07) is 20.8. The first-order valence-corrected chi connectivity index (χ1v) is 15.1. The second-order valence-electron chi connectivity index (χ2n) is 12.1. The van der Waals surface area contributed by atoms with Gasteiger partial charge in [-0.3, -0.25) is 0 Å². The van der Waals surface area contributed by atoms with Crippen LogP contribution >= 0.6 is 0 Å². The van der Waals surface area contributed by atoms with E-state index in [0.717, 1.165) is 43.4 Å². The monoisotopic (exact) mass is 521 g/mol. The first kappa shape index (κ1) is 23.8. The zero-order chi connectivity index (χ0) is 26.6. The van der Waals surface area contributed by atoms with Gasteiger partial charge < -0.3 is 9.80 Å². The molecule has 1 saturated heterocycles. The molecule has 7 unspecified atom stereocenters. The van der Waals surface area contributed by atoms with Crippen molar-refractivity contribution in [1.29, 1.82) is 5.26 Å². The third-order valence-corrected chi connectivity index (χ3v) is 10.3. The van der Waals surface area contributed by atoms with Crippen LogP contribution in [0.4, 0.5) is 11.4 Å². The number of para-hydroxylation sites is 2. The molecule has 8 rings (SSSR count). The third-order valence-electron chi connectivity index (χ3n) is 10.3. The summed E-state index contributed by atoms with van der Waals surface area (Å²) in [5.41, 5.74) is 7.71. The maximum Gasteiger partial charge on any atom is 0.101 e. The maximum atomic E-state index is 9.97. The molecular formula is C37H35N3. The fraction of sp³-hybridized carbons (Fsp3) is 0.324. The smallest absolute Gasteiger partial charge is 0.101 e. The quantitative estimate of drug-likeness (QED) is 0.384. The van der Waals surface area contributed by atoms with Gasteiger partial charge in [0.15, 0.2) is 0 Å². The number of hydrogen-bond donors (Lipinski definition) is 0. The number of nitrogens with zero attached hydrogens (tertiary/aromatic N) is 3. The van der Waals surface area contributed by atoms with Crippen LogP contribution in [0.2, 0.25) is 0 Å². The zero-order valence-corrected chi connectivity index (χ0v) is 22.8. The number of hydrogen-bond acceptors (Lipinski definition) is 3. The van der Waals surface area contributed by atoms with E-state index in [1.54, 1.807) is 0 Å². The molecule has 6 aliphatic rings. The fourth-order valence-electron chi connectivity index (χ4n) is 8.70. The summed E-state index contributed by atoms with van der Waals surface area (Å²) in [4.78, 5) is 5.25. The van der Waals surface area contributed by atoms with E-state index in [1.165, 1.54) is 22.5 Å². The van der Waals surface area contributed by atoms with E-state index >= 15 is 0 Å². The first-order valence-electron chi connectivity index (χ1n) is 15.1. The Morgan fingerprint density at radius 2 is 1.73 bits per heavy atom. The zero-order valence-electron chi connectivity index (χ0n) is 22.8. The average molecular weight is 522 g/mol. The number of anilines is 2. The minimum absolute atomic E-state index is 0.309. The SMILES string of the molecule is N#Cc1ccccc1N1C2C=CCC(C3=CC(N4C5=CC=CCC5c5ccccc54)CC=C3)C2C2C=CCCC21. The molecular weight excluding hydrogens is 486 g/mol. The van der Waals surface area contributed by atoms with Gasteiger partial charge in [0.05, 0.1) is 23.3 Å². The highest BCUT2D eigenvalue weighted by Crippen LogP contribution is 2.53. The van der Waals surface area contributed by atoms with E-state index < -0.39 is 0 Å². The van der Waals surface area contributed by atoms with Crippen molar-refractivity contribution in [3.8, 4) is 6.07 Å². The Labute approximate surface area is 237 Å². The van der Waals surface area contributed by atoms with Crippen LogP contribution in [0, 0.1) is 29.1 Å². The lowest BCUT2D eigenvalue weighted by Gasteiger charge is -2.39. The second-order valence-corrected chi connectivity index (χ2v) is 12.1. The van der Waals surface area contributed by atoms with Crippen molar-refractivity contribution in [2.75, 3.05) is 9.80 Å². The molecule has 3 nitrogen and oxygen atoms in total. The summed E-state index contributed by atoms with van der Waals surface area (Å²) in [5, 5.41) is 9.97. The number of rotatable bonds is 3. The van der Waals surface area contributed by atoms with Crippen LogP contribution in [0.1, 0.15) is 49.1 Å². The van der Waals surface area contributed by atoms with E-state index in [4.69, 9.17) is 0 Å². The summed E-state index contributed by atoms with van der Waals surface area (Å²) >= 11 is 0. The average Bonchev–Trinajstić information content (AvgIpc) is 3.54. The summed E-state index contributed by atoms with van der Waals surface area (Å²) in [5.74, 6) is 1.95. The molecule has 7 atom stereocenters. The molecule has 0 aromatic heterocycles. The Balaban J connectivity index is 1.18. The summed E-state index contributed by atoms with van der Waals surface area (Å²) in [6.45, 7) is 0. The van der Waals surface area contributed by atoms with Crippen molar-refractivity contribution < 1.29 is 0 Å². The van der Waals surface area contributed by atoms with Crippen molar-refractivity contribution in [1.82, 2.24) is 0 Å². The van der Waals surface area contributed by atoms with Crippen molar-refractivity contribution >= 4 is 11.4 Å². The highest BCUT2D eigenvalue weighted by atomic mass is 15.2. The van der Waals surface area contributed by atoms with Crippen LogP contribution in [0.3, 0.4) is 0 Å². The van der Waals surface area contributed by atoms with Crippen LogP contribution < -0.4 is 9.80 Å². The second kappa shape index (κ2) is 9.56. The van der Waals surface area contributed by atoms with Crippen LogP contribution in [0.5, 0.6) is 0 Å². The van der Waals surface area contributed by atoms with Crippen LogP contribution in [-0.4, -0.2) is 18.1 Å². The predicted molar refractivity (Wildman–Crippen MR) is 163 cm³/mol. The van der Waals surface area contributed by atoms with Gasteiger partial charge in [0.1, 0.15) is 6.07 Å². The Kier molecular flexibility index (Phi) is 5.69. The van der Waals surface area contributed by atoms with Gasteiger partial charge >= 0.3 is 0 Å². The number of benzene rings is 2. The molecule has 0 N–H and O–H groups in total. The lowest BCUT2D eigenvalue weighted by atomic mass is 9.68. The molecule has 2 aromatic rings. The molecule has 0 saturated carbocycles. The molecule has 0 amide bonds. The summed E-state index contributed by atoms with van der Waals surface area (Å²) in [7, 11) is 0. The van der Waals surface area contributed by atoms with Gasteiger partial charge in [-0.15, -0.1) is 0 Å². The fourth-order valence-corrected chi connectivity index (χ4v) is 8.70. The van der Waals surface area contributed by atoms with Gasteiger partial charge in [-0.2, -0.15) is 5.26 Å². The van der Waals surface area contributed by atoms with Crippen molar-refractivity contribution in [2.45, 2.75) is 56.1 Å². The molecule has 2 heterocycles. The van der Waals surface area contributed by atoms with Crippen LogP contribution in [-0.2, 0) is 0 Å². The van der Waals surface area contributed by atoms with Crippen LogP contribution in [0.15, 0.2) is 121 Å². The molecule has 2 aliphatic heterocycles. The molecule has 4 aliphatic carbocycles. The number of nitriles is 1. The third kappa shape index (κ3) is 3.55. The minimum atomic E-state index is 0.309. The summed E-state index contributed by atoms with van der Waals surface area (Å²) in [6.07, 6.45) is 29.6. The molecule has 40 heavy (non-hydrogen) atoms. The Morgan fingerprint density at radius 3 is 2.65 bits per heavy atom. The van der Waals surface area contributed by atoms with Crippen molar-refractivity contribution in [2.24, 2.45) is 17.8 Å². The molecule has 0 radical (unpaired) electrons. The highest BCUT2D eigenvalue weighted by molar-refractivity contribution is 5.71. The Bertz CT molecular complexity index is 1560. The minimum Gasteiger partial charge on any atom is -0.360 e. The summed E-state index contributed by atoms with van der Waals surface area (Å²) < 4.78 is 0. The van der Waals surface area contributed by atoms with Crippen molar-refractivity contribution in [3.63, 3.8) is 0 Å². The van der Waals surface area contributed by atoms with E-state index in [1.807, 2.05) is 12.1 Å². The lowest BCUT2D eigenvalue weighted by molar-refractivity contribution is 0.300. The Hall–Kier alpha value is -4.03. The number of allylic oxidation sites excluding steroid dienone is 8. The topological polar surface area (TPSA) is 30.3 Å². The van der Waals surface area contributed by atoms with Crippen molar-refractivity contribution in [3.05, 3.63) is 132 Å². The van der Waals surface area contributed by atoms with E-state index in [2.05, 4.69) is 113 Å². The van der Waals surface area contributed by atoms with Gasteiger partial charge in [-0.1, -0.05) is 85.0 Å². The standard InChI is InChI=1S/C37H35N3/c38-24-26-11-1-5-18-32(26)40-35-21-8-4-16-31(35)37-28(17-10-22-36(37)40)25-12-9-13-27(23-25)39-33-19-6-2-14-29(33)30-15-3-7-20-34(30)39/h1-7,9-12,14,16,18-20,22-23,27-28,30-31,35-37H,8,13,15,17,21H2. The molecule has 1 fully saturated rings. The van der Waals surface area contributed by atoms with Gasteiger partial charge in [-0.05, 0) is 79.4 Å². The van der Waals surface area contributed by atoms with E-state index in [9.17, 15) is 5.26 Å². The molecule has 0 spiro atoms. The largest absolute Gasteiger partial charge is 0.360 e. The normalized spacial score (nSPS) is 33.0. The molecule has 198 valence electrons. The molecule has 0 bridgehead atoms. The van der Waals surface area contributed by atoms with Crippen LogP contribution in [0.25, 0.3) is 0 Å². The number of fused-ring (bicyclic) bond motifs is 6. The molecule has 3 heteroatoms. The first-order chi connectivity index (χ1) is 19.8. The van der Waals surface area contributed by atoms with Gasteiger partial charge in [0.2, 0.25) is 0 Å². The highest BCUT2D eigenvalue weighted by Gasteiger charge is 2.52.